The third kappa shape index (κ3) is 3.30. The molecule has 2 aromatic carbocycles. The molecule has 0 aliphatic carbocycles. The summed E-state index contributed by atoms with van der Waals surface area (Å²) in [5, 5.41) is 11.2. The van der Waals surface area contributed by atoms with Crippen LogP contribution in [0.3, 0.4) is 0 Å². The van der Waals surface area contributed by atoms with Crippen LogP contribution in [0.1, 0.15) is 11.3 Å². The van der Waals surface area contributed by atoms with Gasteiger partial charge in [0.2, 0.25) is 0 Å². The number of aromatic amines is 2. The van der Waals surface area contributed by atoms with Crippen molar-refractivity contribution in [2.45, 2.75) is 13.5 Å². The fourth-order valence-electron chi connectivity index (χ4n) is 3.79. The third-order valence-electron chi connectivity index (χ3n) is 5.30. The average Bonchev–Trinajstić information content (AvgIpc) is 3.39. The Hall–Kier alpha value is -4.44. The Balaban J connectivity index is 1.62. The van der Waals surface area contributed by atoms with Crippen molar-refractivity contribution in [1.29, 1.82) is 0 Å². The Morgan fingerprint density at radius 3 is 2.65 bits per heavy atom. The van der Waals surface area contributed by atoms with Crippen molar-refractivity contribution in [2.75, 3.05) is 0 Å². The van der Waals surface area contributed by atoms with Gasteiger partial charge in [0.1, 0.15) is 0 Å². The van der Waals surface area contributed by atoms with Gasteiger partial charge in [-0.3, -0.25) is 14.6 Å². The summed E-state index contributed by atoms with van der Waals surface area (Å²) in [7, 11) is 0. The van der Waals surface area contributed by atoms with E-state index < -0.39 is 0 Å². The van der Waals surface area contributed by atoms with Crippen LogP contribution >= 0.6 is 0 Å². The number of nitrogens with zero attached hydrogens (tertiary/aromatic N) is 4. The van der Waals surface area contributed by atoms with Gasteiger partial charge < -0.3 is 5.10 Å². The van der Waals surface area contributed by atoms with Gasteiger partial charge >= 0.3 is 0 Å². The van der Waals surface area contributed by atoms with Gasteiger partial charge in [-0.05, 0) is 30.7 Å². The van der Waals surface area contributed by atoms with Crippen molar-refractivity contribution in [3.63, 3.8) is 0 Å². The first kappa shape index (κ1) is 18.6. The molecule has 0 radical (unpaired) electrons. The summed E-state index contributed by atoms with van der Waals surface area (Å²) in [5.41, 5.74) is 5.68. The number of para-hydroxylation sites is 2. The van der Waals surface area contributed by atoms with Gasteiger partial charge in [0, 0.05) is 22.8 Å². The maximum Gasteiger partial charge on any atom is 0.273 e. The molecule has 0 amide bonds. The molecule has 150 valence electrons. The summed E-state index contributed by atoms with van der Waals surface area (Å²) in [6.07, 6.45) is 1.90. The molecule has 0 atom stereocenters. The van der Waals surface area contributed by atoms with E-state index in [-0.39, 0.29) is 5.56 Å². The lowest BCUT2D eigenvalue weighted by atomic mass is 10.0. The highest BCUT2D eigenvalue weighted by Crippen LogP contribution is 2.31. The molecule has 3 aromatic heterocycles. The highest BCUT2D eigenvalue weighted by Gasteiger charge is 2.16. The van der Waals surface area contributed by atoms with Crippen LogP contribution in [0.2, 0.25) is 0 Å². The summed E-state index contributed by atoms with van der Waals surface area (Å²) in [5.74, 6) is 0. The van der Waals surface area contributed by atoms with Crippen LogP contribution in [0.5, 0.6) is 0 Å². The van der Waals surface area contributed by atoms with Crippen molar-refractivity contribution in [2.24, 2.45) is 0 Å². The maximum atomic E-state index is 12.3. The quantitative estimate of drug-likeness (QED) is 0.425. The van der Waals surface area contributed by atoms with Gasteiger partial charge in [-0.15, -0.1) is 0 Å². The van der Waals surface area contributed by atoms with Gasteiger partial charge in [0.15, 0.2) is 5.69 Å². The molecule has 5 aromatic rings. The number of fused-ring (bicyclic) bond motifs is 1. The van der Waals surface area contributed by atoms with Gasteiger partial charge in [-0.2, -0.15) is 5.10 Å². The second-order valence-corrected chi connectivity index (χ2v) is 7.29. The van der Waals surface area contributed by atoms with E-state index in [4.69, 9.17) is 16.7 Å². The molecule has 0 bridgehead atoms. The molecule has 0 saturated heterocycles. The Morgan fingerprint density at radius 2 is 1.84 bits per heavy atom. The standard InChI is InChI=1S/C24H18N6O/c1-15-23(24(31)28-27-15)22-13-18(17-8-4-6-10-20(17)26-22)21-11-12-30(29-21)14-16-7-3-5-9-19(16)25-2/h3-13H,14H2,1H3,(H2,27,28,31). The lowest BCUT2D eigenvalue weighted by Gasteiger charge is -2.08. The number of H-pyrrole nitrogens is 2. The first-order valence-corrected chi connectivity index (χ1v) is 9.80. The van der Waals surface area contributed by atoms with Crippen LogP contribution < -0.4 is 5.56 Å². The van der Waals surface area contributed by atoms with E-state index in [1.165, 1.54) is 0 Å². The topological polar surface area (TPSA) is 83.7 Å². The van der Waals surface area contributed by atoms with Crippen molar-refractivity contribution >= 4 is 16.6 Å². The van der Waals surface area contributed by atoms with Gasteiger partial charge in [0.05, 0.1) is 35.6 Å². The van der Waals surface area contributed by atoms with Crippen molar-refractivity contribution in [3.8, 4) is 22.5 Å². The first-order chi connectivity index (χ1) is 15.1. The largest absolute Gasteiger partial charge is 0.302 e. The molecule has 0 aliphatic heterocycles. The minimum absolute atomic E-state index is 0.201. The zero-order valence-corrected chi connectivity index (χ0v) is 16.8. The average molecular weight is 406 g/mol. The van der Waals surface area contributed by atoms with Crippen LogP contribution in [0.4, 0.5) is 5.69 Å². The van der Waals surface area contributed by atoms with Crippen LogP contribution in [0.15, 0.2) is 71.7 Å². The fourth-order valence-corrected chi connectivity index (χ4v) is 3.79. The second-order valence-electron chi connectivity index (χ2n) is 7.29. The van der Waals surface area contributed by atoms with Crippen LogP contribution in [0.25, 0.3) is 38.3 Å². The fraction of sp³-hybridized carbons (Fsp3) is 0.0833. The number of aromatic nitrogens is 5. The van der Waals surface area contributed by atoms with E-state index in [2.05, 4.69) is 15.0 Å². The zero-order valence-electron chi connectivity index (χ0n) is 16.8. The second kappa shape index (κ2) is 7.43. The molecule has 0 unspecified atom stereocenters. The molecule has 0 aliphatic rings. The summed E-state index contributed by atoms with van der Waals surface area (Å²) in [6, 6.07) is 19.2. The van der Waals surface area contributed by atoms with Crippen molar-refractivity contribution in [3.05, 3.63) is 99.9 Å². The highest BCUT2D eigenvalue weighted by atomic mass is 16.1. The number of pyridine rings is 1. The summed E-state index contributed by atoms with van der Waals surface area (Å²) in [4.78, 5) is 20.6. The maximum absolute atomic E-state index is 12.3. The number of aryl methyl sites for hydroxylation is 1. The van der Waals surface area contributed by atoms with Gasteiger partial charge in [-0.25, -0.2) is 9.83 Å². The molecule has 5 rings (SSSR count). The monoisotopic (exact) mass is 406 g/mol. The van der Waals surface area contributed by atoms with E-state index in [0.717, 1.165) is 33.4 Å². The van der Waals surface area contributed by atoms with E-state index in [1.54, 1.807) is 0 Å². The van der Waals surface area contributed by atoms with Gasteiger partial charge in [-0.1, -0.05) is 42.5 Å². The normalized spacial score (nSPS) is 11.0. The lowest BCUT2D eigenvalue weighted by molar-refractivity contribution is 0.691. The molecule has 3 heterocycles. The minimum atomic E-state index is -0.201. The minimum Gasteiger partial charge on any atom is -0.302 e. The van der Waals surface area contributed by atoms with Crippen LogP contribution in [-0.2, 0) is 6.54 Å². The number of nitrogens with one attached hydrogen (secondary N) is 2. The summed E-state index contributed by atoms with van der Waals surface area (Å²) >= 11 is 0. The lowest BCUT2D eigenvalue weighted by Crippen LogP contribution is -2.04. The number of rotatable bonds is 4. The molecule has 0 fully saturated rings. The van der Waals surface area contributed by atoms with Crippen molar-refractivity contribution < 1.29 is 0 Å². The molecular formula is C24H18N6O. The zero-order chi connectivity index (χ0) is 21.4. The first-order valence-electron chi connectivity index (χ1n) is 9.80. The number of benzene rings is 2. The van der Waals surface area contributed by atoms with E-state index >= 15 is 0 Å². The summed E-state index contributed by atoms with van der Waals surface area (Å²) in [6.45, 7) is 9.71. The molecule has 0 spiro atoms. The van der Waals surface area contributed by atoms with E-state index in [1.807, 2.05) is 78.5 Å². The molecule has 0 saturated carbocycles. The van der Waals surface area contributed by atoms with Crippen LogP contribution in [-0.4, -0.2) is 25.0 Å². The molecule has 7 nitrogen and oxygen atoms in total. The Labute approximate surface area is 177 Å². The summed E-state index contributed by atoms with van der Waals surface area (Å²) < 4.78 is 1.82. The molecule has 7 heteroatoms. The SMILES string of the molecule is [C-]#[N+]c1ccccc1Cn1ccc(-c2cc(-c3c(C)[nH][nH]c3=O)nc3ccccc23)n1. The van der Waals surface area contributed by atoms with E-state index in [0.29, 0.717) is 23.5 Å². The smallest absolute Gasteiger partial charge is 0.273 e. The van der Waals surface area contributed by atoms with E-state index in [9.17, 15) is 4.79 Å². The predicted octanol–water partition coefficient (Wildman–Crippen LogP) is 4.69. The predicted molar refractivity (Wildman–Crippen MR) is 120 cm³/mol. The number of hydrogen-bond donors (Lipinski definition) is 2. The molecule has 31 heavy (non-hydrogen) atoms. The Bertz CT molecular complexity index is 1520. The van der Waals surface area contributed by atoms with Gasteiger partial charge in [0.25, 0.3) is 5.56 Å². The molecular weight excluding hydrogens is 388 g/mol. The van der Waals surface area contributed by atoms with Crippen LogP contribution in [0, 0.1) is 13.5 Å². The highest BCUT2D eigenvalue weighted by molar-refractivity contribution is 5.95. The Morgan fingerprint density at radius 1 is 1.03 bits per heavy atom. The van der Waals surface area contributed by atoms with Crippen molar-refractivity contribution in [1.82, 2.24) is 25.0 Å². The number of hydrogen-bond acceptors (Lipinski definition) is 3. The molecule has 2 N–H and O–H groups in total. The third-order valence-corrected chi connectivity index (χ3v) is 5.30. The Kier molecular flexibility index (Phi) is 4.45.